The van der Waals surface area contributed by atoms with Crippen molar-refractivity contribution in [1.29, 1.82) is 0 Å². The minimum absolute atomic E-state index is 0.0242. The van der Waals surface area contributed by atoms with E-state index in [-0.39, 0.29) is 22.7 Å². The van der Waals surface area contributed by atoms with Gasteiger partial charge in [0.1, 0.15) is 23.0 Å². The topological polar surface area (TPSA) is 143 Å². The van der Waals surface area contributed by atoms with Gasteiger partial charge in [0.2, 0.25) is 5.95 Å². The smallest absolute Gasteiger partial charge is 0.311 e. The highest BCUT2D eigenvalue weighted by atomic mass is 32.1. The molecule has 22 heavy (non-hydrogen) atoms. The van der Waals surface area contributed by atoms with Crippen LogP contribution >= 0.6 is 11.3 Å². The second-order valence-electron chi connectivity index (χ2n) is 4.82. The molecule has 1 fully saturated rings. The quantitative estimate of drug-likeness (QED) is 0.486. The van der Waals surface area contributed by atoms with Gasteiger partial charge in [-0.25, -0.2) is 0 Å². The van der Waals surface area contributed by atoms with Crippen molar-refractivity contribution < 1.29 is 14.9 Å². The van der Waals surface area contributed by atoms with Crippen LogP contribution in [0.2, 0.25) is 0 Å². The van der Waals surface area contributed by atoms with Crippen LogP contribution in [0.15, 0.2) is 9.59 Å². The molecule has 116 valence electrons. The standard InChI is InChI=1S/C12H12N4O5S/c1-2-4(17)6-3-5(18)10(21-6)16-8-7(22-12(16)20)9(19)15-11(13)14-8/h1,4-6,10,17-18H,3H2,(H3,13,14,15,19)/t4?,5-,6+,10-/m1/s1. The van der Waals surface area contributed by atoms with Gasteiger partial charge in [-0.3, -0.25) is 19.1 Å². The molecule has 3 heterocycles. The molecule has 0 aliphatic carbocycles. The number of hydrogen-bond donors (Lipinski definition) is 4. The Bertz CT molecular complexity index is 878. The molecule has 0 radical (unpaired) electrons. The van der Waals surface area contributed by atoms with E-state index in [0.717, 1.165) is 4.57 Å². The van der Waals surface area contributed by atoms with E-state index in [9.17, 15) is 19.8 Å². The maximum absolute atomic E-state index is 12.1. The number of hydrogen-bond acceptors (Lipinski definition) is 8. The van der Waals surface area contributed by atoms with Crippen LogP contribution in [0.3, 0.4) is 0 Å². The predicted molar refractivity (Wildman–Crippen MR) is 78.3 cm³/mol. The normalized spacial score (nSPS) is 26.1. The van der Waals surface area contributed by atoms with Crippen molar-refractivity contribution in [1.82, 2.24) is 14.5 Å². The van der Waals surface area contributed by atoms with E-state index in [2.05, 4.69) is 15.9 Å². The van der Waals surface area contributed by atoms with E-state index in [4.69, 9.17) is 16.9 Å². The summed E-state index contributed by atoms with van der Waals surface area (Å²) in [7, 11) is 0. The van der Waals surface area contributed by atoms with Gasteiger partial charge in [-0.2, -0.15) is 4.98 Å². The van der Waals surface area contributed by atoms with Crippen molar-refractivity contribution >= 4 is 27.6 Å². The highest BCUT2D eigenvalue weighted by Gasteiger charge is 2.40. The van der Waals surface area contributed by atoms with E-state index in [0.29, 0.717) is 11.3 Å². The van der Waals surface area contributed by atoms with Gasteiger partial charge in [0.05, 0.1) is 0 Å². The minimum Gasteiger partial charge on any atom is -0.388 e. The molecule has 2 aromatic rings. The molecule has 2 aromatic heterocycles. The Morgan fingerprint density at radius 3 is 3.00 bits per heavy atom. The Labute approximate surface area is 127 Å². The second-order valence-corrected chi connectivity index (χ2v) is 5.78. The number of rotatable bonds is 2. The molecule has 0 spiro atoms. The zero-order valence-corrected chi connectivity index (χ0v) is 11.9. The predicted octanol–water partition coefficient (Wildman–Crippen LogP) is -1.63. The van der Waals surface area contributed by atoms with E-state index >= 15 is 0 Å². The van der Waals surface area contributed by atoms with Gasteiger partial charge in [-0.1, -0.05) is 17.3 Å². The third-order valence-corrected chi connectivity index (χ3v) is 4.33. The van der Waals surface area contributed by atoms with Crippen LogP contribution < -0.4 is 16.2 Å². The molecule has 10 heteroatoms. The zero-order valence-electron chi connectivity index (χ0n) is 11.1. The number of aliphatic hydroxyl groups is 2. The largest absolute Gasteiger partial charge is 0.388 e. The molecule has 1 unspecified atom stereocenters. The van der Waals surface area contributed by atoms with Gasteiger partial charge < -0.3 is 20.7 Å². The number of anilines is 1. The van der Waals surface area contributed by atoms with Crippen LogP contribution in [-0.2, 0) is 4.74 Å². The monoisotopic (exact) mass is 324 g/mol. The molecule has 4 atom stereocenters. The van der Waals surface area contributed by atoms with Gasteiger partial charge >= 0.3 is 4.87 Å². The number of aromatic amines is 1. The summed E-state index contributed by atoms with van der Waals surface area (Å²) < 4.78 is 6.61. The van der Waals surface area contributed by atoms with Gasteiger partial charge in [0.15, 0.2) is 11.9 Å². The van der Waals surface area contributed by atoms with Crippen molar-refractivity contribution in [2.24, 2.45) is 0 Å². The molecule has 1 aliphatic rings. The van der Waals surface area contributed by atoms with Crippen LogP contribution in [0.4, 0.5) is 5.95 Å². The van der Waals surface area contributed by atoms with Gasteiger partial charge in [0.25, 0.3) is 5.56 Å². The van der Waals surface area contributed by atoms with E-state index < -0.39 is 35.0 Å². The summed E-state index contributed by atoms with van der Waals surface area (Å²) in [5, 5.41) is 19.7. The van der Waals surface area contributed by atoms with E-state index in [1.807, 2.05) is 0 Å². The summed E-state index contributed by atoms with van der Waals surface area (Å²) in [6.07, 6.45) is 0.980. The number of terminal acetylenes is 1. The summed E-state index contributed by atoms with van der Waals surface area (Å²) in [5.74, 6) is 1.95. The molecular weight excluding hydrogens is 312 g/mol. The molecule has 1 saturated heterocycles. The number of nitrogen functional groups attached to an aromatic ring is 1. The fraction of sp³-hybridized carbons (Fsp3) is 0.417. The fourth-order valence-electron chi connectivity index (χ4n) is 2.39. The van der Waals surface area contributed by atoms with Crippen molar-refractivity contribution in [3.8, 4) is 12.3 Å². The molecule has 1 aliphatic heterocycles. The molecule has 0 saturated carbocycles. The molecule has 0 aromatic carbocycles. The Morgan fingerprint density at radius 1 is 1.59 bits per heavy atom. The Kier molecular flexibility index (Phi) is 3.50. The number of aromatic nitrogens is 3. The number of fused-ring (bicyclic) bond motifs is 1. The molecule has 3 rings (SSSR count). The minimum atomic E-state index is -1.21. The summed E-state index contributed by atoms with van der Waals surface area (Å²) >= 11 is 0.670. The summed E-state index contributed by atoms with van der Waals surface area (Å²) in [6.45, 7) is 0. The number of ether oxygens (including phenoxy) is 1. The average molecular weight is 324 g/mol. The Balaban J connectivity index is 2.11. The highest BCUT2D eigenvalue weighted by Crippen LogP contribution is 2.31. The molecule has 0 amide bonds. The third kappa shape index (κ3) is 2.20. The first-order valence-corrected chi connectivity index (χ1v) is 7.12. The molecule has 5 N–H and O–H groups in total. The lowest BCUT2D eigenvalue weighted by atomic mass is 10.1. The van der Waals surface area contributed by atoms with E-state index in [1.165, 1.54) is 0 Å². The summed E-state index contributed by atoms with van der Waals surface area (Å²) in [5.41, 5.74) is 4.96. The number of nitrogens with one attached hydrogen (secondary N) is 1. The van der Waals surface area contributed by atoms with Crippen molar-refractivity contribution in [3.05, 3.63) is 20.0 Å². The van der Waals surface area contributed by atoms with Crippen LogP contribution in [0.5, 0.6) is 0 Å². The average Bonchev–Trinajstić information content (AvgIpc) is 2.98. The Morgan fingerprint density at radius 2 is 2.32 bits per heavy atom. The molecule has 9 nitrogen and oxygen atoms in total. The summed E-state index contributed by atoms with van der Waals surface area (Å²) in [4.78, 5) is 29.6. The molecule has 0 bridgehead atoms. The molecular formula is C12H12N4O5S. The number of nitrogens with zero attached hydrogens (tertiary/aromatic N) is 2. The number of H-pyrrole nitrogens is 1. The first-order chi connectivity index (χ1) is 10.4. The Hall–Kier alpha value is -2.19. The number of thiazole rings is 1. The van der Waals surface area contributed by atoms with E-state index in [1.54, 1.807) is 0 Å². The summed E-state index contributed by atoms with van der Waals surface area (Å²) in [6, 6.07) is 0. The third-order valence-electron chi connectivity index (χ3n) is 3.39. The SMILES string of the molecule is C#CC(O)[C@@H]1C[C@@H](O)[C@H](n2c(=O)sc3c(=O)[nH]c(N)nc32)O1. The first kappa shape index (κ1) is 14.7. The lowest BCUT2D eigenvalue weighted by molar-refractivity contribution is -0.0620. The maximum atomic E-state index is 12.1. The fourth-order valence-corrected chi connectivity index (χ4v) is 3.24. The van der Waals surface area contributed by atoms with Gasteiger partial charge in [0, 0.05) is 6.42 Å². The highest BCUT2D eigenvalue weighted by molar-refractivity contribution is 7.16. The maximum Gasteiger partial charge on any atom is 0.311 e. The van der Waals surface area contributed by atoms with Gasteiger partial charge in [-0.15, -0.1) is 6.42 Å². The van der Waals surface area contributed by atoms with Crippen molar-refractivity contribution in [2.75, 3.05) is 5.73 Å². The second kappa shape index (κ2) is 5.22. The number of aliphatic hydroxyl groups excluding tert-OH is 2. The lowest BCUT2D eigenvalue weighted by Gasteiger charge is -2.17. The zero-order chi connectivity index (χ0) is 16.0. The van der Waals surface area contributed by atoms with Crippen LogP contribution in [0.1, 0.15) is 12.6 Å². The van der Waals surface area contributed by atoms with Crippen LogP contribution in [0.25, 0.3) is 10.3 Å². The van der Waals surface area contributed by atoms with Crippen molar-refractivity contribution in [3.63, 3.8) is 0 Å². The van der Waals surface area contributed by atoms with Crippen LogP contribution in [-0.4, -0.2) is 43.1 Å². The van der Waals surface area contributed by atoms with Crippen LogP contribution in [0, 0.1) is 12.3 Å². The number of nitrogens with two attached hydrogens (primary N) is 1. The van der Waals surface area contributed by atoms with Crippen molar-refractivity contribution in [2.45, 2.75) is 31.0 Å². The first-order valence-electron chi connectivity index (χ1n) is 6.31. The van der Waals surface area contributed by atoms with Gasteiger partial charge in [-0.05, 0) is 0 Å². The lowest BCUT2D eigenvalue weighted by Crippen LogP contribution is -2.28.